The molecule has 0 aliphatic rings. The zero-order chi connectivity index (χ0) is 8.10. The van der Waals surface area contributed by atoms with E-state index in [0.29, 0.717) is 18.5 Å². The molecule has 0 spiro atoms. The lowest BCUT2D eigenvalue weighted by Crippen LogP contribution is -2.03. The molecular formula is C7H10N2OS. The number of rotatable bonds is 4. The van der Waals surface area contributed by atoms with E-state index < -0.39 is 0 Å². The Hall–Kier alpha value is -0.740. The Morgan fingerprint density at radius 1 is 1.73 bits per heavy atom. The Kier molecular flexibility index (Phi) is 3.19. The summed E-state index contributed by atoms with van der Waals surface area (Å²) in [6.07, 6.45) is 2.90. The number of Topliss-reactive ketones (excluding diaryl/α,β-unsaturated/α-hetero) is 1. The highest BCUT2D eigenvalue weighted by atomic mass is 32.1. The smallest absolute Gasteiger partial charge is 0.165 e. The molecule has 4 heteroatoms. The van der Waals surface area contributed by atoms with E-state index >= 15 is 0 Å². The molecule has 0 aliphatic carbocycles. The third-order valence-electron chi connectivity index (χ3n) is 1.36. The third kappa shape index (κ3) is 2.40. The van der Waals surface area contributed by atoms with Crippen molar-refractivity contribution in [2.75, 3.05) is 6.54 Å². The first-order valence-corrected chi connectivity index (χ1v) is 4.31. The van der Waals surface area contributed by atoms with Crippen molar-refractivity contribution in [1.82, 2.24) is 4.37 Å². The molecule has 60 valence electrons. The molecule has 0 aliphatic heterocycles. The Morgan fingerprint density at radius 2 is 2.55 bits per heavy atom. The number of hydrogen-bond acceptors (Lipinski definition) is 4. The molecule has 0 atom stereocenters. The Balaban J connectivity index is 2.43. The predicted octanol–water partition coefficient (Wildman–Crippen LogP) is 1.06. The van der Waals surface area contributed by atoms with Crippen LogP contribution in [0.4, 0.5) is 0 Å². The number of ketones is 1. The van der Waals surface area contributed by atoms with Gasteiger partial charge in [0.05, 0.1) is 6.20 Å². The topological polar surface area (TPSA) is 56.0 Å². The first-order chi connectivity index (χ1) is 5.34. The van der Waals surface area contributed by atoms with E-state index in [9.17, 15) is 4.79 Å². The fourth-order valence-electron chi connectivity index (χ4n) is 0.750. The Bertz CT molecular complexity index is 220. The van der Waals surface area contributed by atoms with Crippen molar-refractivity contribution in [2.24, 2.45) is 5.73 Å². The molecule has 0 saturated carbocycles. The minimum absolute atomic E-state index is 0.143. The van der Waals surface area contributed by atoms with Crippen LogP contribution in [0.25, 0.3) is 0 Å². The Labute approximate surface area is 69.4 Å². The first-order valence-electron chi connectivity index (χ1n) is 3.47. The van der Waals surface area contributed by atoms with Crippen molar-refractivity contribution in [3.05, 3.63) is 17.1 Å². The molecule has 1 aromatic heterocycles. The van der Waals surface area contributed by atoms with Gasteiger partial charge in [-0.2, -0.15) is 0 Å². The lowest BCUT2D eigenvalue weighted by atomic mass is 10.1. The summed E-state index contributed by atoms with van der Waals surface area (Å²) in [4.78, 5) is 11.2. The number of nitrogens with zero attached hydrogens (tertiary/aromatic N) is 1. The lowest BCUT2D eigenvalue weighted by molar-refractivity contribution is 0.0981. The molecule has 1 rings (SSSR count). The highest BCUT2D eigenvalue weighted by Crippen LogP contribution is 2.06. The molecule has 1 aromatic rings. The van der Waals surface area contributed by atoms with Crippen molar-refractivity contribution in [3.8, 4) is 0 Å². The summed E-state index contributed by atoms with van der Waals surface area (Å²) in [6, 6.07) is 0. The van der Waals surface area contributed by atoms with Gasteiger partial charge in [-0.05, 0) is 24.5 Å². The van der Waals surface area contributed by atoms with Gasteiger partial charge in [-0.25, -0.2) is 4.37 Å². The molecule has 0 fully saturated rings. The van der Waals surface area contributed by atoms with Crippen LogP contribution in [-0.2, 0) is 0 Å². The zero-order valence-electron chi connectivity index (χ0n) is 6.12. The van der Waals surface area contributed by atoms with Crippen molar-refractivity contribution >= 4 is 17.3 Å². The van der Waals surface area contributed by atoms with Crippen LogP contribution in [0, 0.1) is 0 Å². The fourth-order valence-corrected chi connectivity index (χ4v) is 1.29. The van der Waals surface area contributed by atoms with Crippen LogP contribution in [0.2, 0.25) is 0 Å². The van der Waals surface area contributed by atoms with Gasteiger partial charge in [0.1, 0.15) is 0 Å². The molecule has 0 aromatic carbocycles. The summed E-state index contributed by atoms with van der Waals surface area (Å²) in [5, 5.41) is 1.76. The van der Waals surface area contributed by atoms with Gasteiger partial charge in [0, 0.05) is 17.4 Å². The second kappa shape index (κ2) is 4.20. The summed E-state index contributed by atoms with van der Waals surface area (Å²) in [5.41, 5.74) is 5.98. The van der Waals surface area contributed by atoms with Gasteiger partial charge in [-0.3, -0.25) is 4.79 Å². The van der Waals surface area contributed by atoms with E-state index in [1.54, 1.807) is 11.6 Å². The van der Waals surface area contributed by atoms with Crippen molar-refractivity contribution in [1.29, 1.82) is 0 Å². The second-order valence-electron chi connectivity index (χ2n) is 2.23. The fraction of sp³-hybridized carbons (Fsp3) is 0.429. The highest BCUT2D eigenvalue weighted by Gasteiger charge is 2.04. The summed E-state index contributed by atoms with van der Waals surface area (Å²) in [7, 11) is 0. The van der Waals surface area contributed by atoms with E-state index in [0.717, 1.165) is 6.42 Å². The number of carbonyl (C=O) groups excluding carboxylic acids is 1. The van der Waals surface area contributed by atoms with E-state index in [1.165, 1.54) is 11.5 Å². The van der Waals surface area contributed by atoms with E-state index in [-0.39, 0.29) is 5.78 Å². The first kappa shape index (κ1) is 8.36. The summed E-state index contributed by atoms with van der Waals surface area (Å²) < 4.78 is 3.84. The van der Waals surface area contributed by atoms with Gasteiger partial charge in [0.2, 0.25) is 0 Å². The number of hydrogen-bond donors (Lipinski definition) is 1. The largest absolute Gasteiger partial charge is 0.330 e. The van der Waals surface area contributed by atoms with E-state index in [1.807, 2.05) is 0 Å². The average Bonchev–Trinajstić information content (AvgIpc) is 2.52. The van der Waals surface area contributed by atoms with Crippen LogP contribution < -0.4 is 5.73 Å². The quantitative estimate of drug-likeness (QED) is 0.687. The minimum Gasteiger partial charge on any atom is -0.330 e. The molecule has 0 radical (unpaired) electrons. The minimum atomic E-state index is 0.143. The number of aromatic nitrogens is 1. The highest BCUT2D eigenvalue weighted by molar-refractivity contribution is 7.03. The number of nitrogens with two attached hydrogens (primary N) is 1. The molecule has 11 heavy (non-hydrogen) atoms. The van der Waals surface area contributed by atoms with Gasteiger partial charge in [-0.1, -0.05) is 0 Å². The zero-order valence-corrected chi connectivity index (χ0v) is 6.93. The number of carbonyl (C=O) groups is 1. The van der Waals surface area contributed by atoms with E-state index in [2.05, 4.69) is 4.37 Å². The van der Waals surface area contributed by atoms with Gasteiger partial charge < -0.3 is 5.73 Å². The standard InChI is InChI=1S/C7H10N2OS/c8-3-1-2-7(10)6-4-9-11-5-6/h4-5H,1-3,8H2. The molecule has 0 amide bonds. The monoisotopic (exact) mass is 170 g/mol. The second-order valence-corrected chi connectivity index (χ2v) is 2.89. The van der Waals surface area contributed by atoms with Gasteiger partial charge in [0.25, 0.3) is 0 Å². The molecule has 3 nitrogen and oxygen atoms in total. The summed E-state index contributed by atoms with van der Waals surface area (Å²) >= 11 is 1.30. The van der Waals surface area contributed by atoms with Crippen molar-refractivity contribution < 1.29 is 4.79 Å². The van der Waals surface area contributed by atoms with Crippen LogP contribution in [0.3, 0.4) is 0 Å². The maximum absolute atomic E-state index is 11.2. The summed E-state index contributed by atoms with van der Waals surface area (Å²) in [6.45, 7) is 0.573. The maximum atomic E-state index is 11.2. The average molecular weight is 170 g/mol. The molecule has 0 unspecified atom stereocenters. The Morgan fingerprint density at radius 3 is 3.09 bits per heavy atom. The van der Waals surface area contributed by atoms with Gasteiger partial charge in [-0.15, -0.1) is 0 Å². The summed E-state index contributed by atoms with van der Waals surface area (Å²) in [5.74, 6) is 0.143. The molecule has 1 heterocycles. The van der Waals surface area contributed by atoms with Crippen LogP contribution in [0.15, 0.2) is 11.6 Å². The normalized spacial score (nSPS) is 9.91. The van der Waals surface area contributed by atoms with Crippen LogP contribution in [-0.4, -0.2) is 16.7 Å². The van der Waals surface area contributed by atoms with Crippen LogP contribution in [0.1, 0.15) is 23.2 Å². The third-order valence-corrected chi connectivity index (χ3v) is 1.95. The van der Waals surface area contributed by atoms with Gasteiger partial charge in [0.15, 0.2) is 5.78 Å². The molecule has 0 saturated heterocycles. The van der Waals surface area contributed by atoms with Crippen LogP contribution >= 0.6 is 11.5 Å². The lowest BCUT2D eigenvalue weighted by Gasteiger charge is -1.93. The van der Waals surface area contributed by atoms with Crippen molar-refractivity contribution in [3.63, 3.8) is 0 Å². The molecular weight excluding hydrogens is 160 g/mol. The maximum Gasteiger partial charge on any atom is 0.165 e. The molecule has 0 bridgehead atoms. The predicted molar refractivity (Wildman–Crippen MR) is 44.7 cm³/mol. The SMILES string of the molecule is NCCCC(=O)c1cnsc1. The van der Waals surface area contributed by atoms with E-state index in [4.69, 9.17) is 5.73 Å². The van der Waals surface area contributed by atoms with Crippen LogP contribution in [0.5, 0.6) is 0 Å². The van der Waals surface area contributed by atoms with Gasteiger partial charge >= 0.3 is 0 Å². The molecule has 2 N–H and O–H groups in total. The van der Waals surface area contributed by atoms with Crippen molar-refractivity contribution in [2.45, 2.75) is 12.8 Å².